The maximum absolute atomic E-state index is 12.9. The van der Waals surface area contributed by atoms with Crippen molar-refractivity contribution in [1.82, 2.24) is 0 Å². The monoisotopic (exact) mass is 561 g/mol. The molecule has 1 aliphatic heterocycles. The summed E-state index contributed by atoms with van der Waals surface area (Å²) >= 11 is 0. The van der Waals surface area contributed by atoms with Gasteiger partial charge in [-0.2, -0.15) is 0 Å². The highest BCUT2D eigenvalue weighted by Gasteiger charge is 2.39. The van der Waals surface area contributed by atoms with Crippen LogP contribution in [0.2, 0.25) is 0 Å². The molecule has 2 aliphatic carbocycles. The normalized spacial score (nSPS) is 23.8. The van der Waals surface area contributed by atoms with Gasteiger partial charge in [0.1, 0.15) is 5.78 Å². The quantitative estimate of drug-likeness (QED) is 0.216. The number of rotatable bonds is 4. The van der Waals surface area contributed by atoms with E-state index in [1.54, 1.807) is 6.07 Å². The number of aliphatic hydroxyl groups excluding tert-OH is 1. The molecular weight excluding hydrogens is 522 g/mol. The molecule has 0 radical (unpaired) electrons. The average Bonchev–Trinajstić information content (AvgIpc) is 3.10. The molecular formula is C32H39N3O6. The number of fused-ring (bicyclic) bond motifs is 2. The molecule has 1 heterocycles. The highest BCUT2D eigenvalue weighted by molar-refractivity contribution is 5.79. The Kier molecular flexibility index (Phi) is 8.60. The maximum Gasteiger partial charge on any atom is 0.185 e. The van der Waals surface area contributed by atoms with Gasteiger partial charge in [-0.1, -0.05) is 30.4 Å². The first-order chi connectivity index (χ1) is 19.8. The fourth-order valence-corrected chi connectivity index (χ4v) is 6.73. The van der Waals surface area contributed by atoms with Gasteiger partial charge in [-0.3, -0.25) is 9.79 Å². The van der Waals surface area contributed by atoms with Crippen LogP contribution < -0.4 is 20.9 Å². The Morgan fingerprint density at radius 2 is 2.02 bits per heavy atom. The van der Waals surface area contributed by atoms with Gasteiger partial charge in [-0.05, 0) is 61.1 Å². The summed E-state index contributed by atoms with van der Waals surface area (Å²) in [6, 6.07) is 5.30. The first kappa shape index (κ1) is 28.6. The van der Waals surface area contributed by atoms with Gasteiger partial charge in [0.25, 0.3) is 0 Å². The molecule has 2 aromatic carbocycles. The molecule has 9 nitrogen and oxygen atoms in total. The summed E-state index contributed by atoms with van der Waals surface area (Å²) in [5, 5.41) is 32.9. The third kappa shape index (κ3) is 6.08. The number of ether oxygens (including phenoxy) is 2. The molecule has 218 valence electrons. The molecule has 0 unspecified atom stereocenters. The topological polar surface area (TPSA) is 161 Å². The number of aryl methyl sites for hydroxylation is 1. The molecule has 0 saturated carbocycles. The first-order valence-corrected chi connectivity index (χ1v) is 14.4. The Morgan fingerprint density at radius 1 is 1.20 bits per heavy atom. The zero-order chi connectivity index (χ0) is 29.1. The number of guanidine groups is 1. The highest BCUT2D eigenvalue weighted by Crippen LogP contribution is 2.53. The summed E-state index contributed by atoms with van der Waals surface area (Å²) in [6.07, 6.45) is 4.17. The number of phenols is 2. The van der Waals surface area contributed by atoms with E-state index < -0.39 is 6.10 Å². The van der Waals surface area contributed by atoms with E-state index in [4.69, 9.17) is 20.9 Å². The van der Waals surface area contributed by atoms with Crippen molar-refractivity contribution in [2.24, 2.45) is 22.4 Å². The number of aliphatic imine (C=N–C) groups is 1. The van der Waals surface area contributed by atoms with Crippen molar-refractivity contribution in [3.8, 4) is 34.8 Å². The van der Waals surface area contributed by atoms with Crippen LogP contribution in [0.4, 0.5) is 0 Å². The second kappa shape index (κ2) is 12.3. The summed E-state index contributed by atoms with van der Waals surface area (Å²) in [5.41, 5.74) is 15.1. The highest BCUT2D eigenvalue weighted by atomic mass is 16.5. The van der Waals surface area contributed by atoms with E-state index in [0.717, 1.165) is 42.4 Å². The minimum atomic E-state index is -0.783. The number of Topliss-reactive ketones (excluding diaryl/α,β-unsaturated/α-hetero) is 1. The van der Waals surface area contributed by atoms with Gasteiger partial charge >= 0.3 is 0 Å². The lowest BCUT2D eigenvalue weighted by atomic mass is 9.76. The van der Waals surface area contributed by atoms with E-state index in [9.17, 15) is 20.1 Å². The average molecular weight is 562 g/mol. The standard InChI is InChI=1S/C32H39N3O6/c1-40-30-25-7-3-5-20-15-26-19(14-23(37)16-22(36)10-8-18(25)9-11-27(30)38)4-2-6-24-21(12-13-35-32(33)34)17-41-31(28(24)26)29(20)39/h9,11,15,19,21,23-24,37-39H,2,4-6,8,10,12-14,16-17H2,1H3,(H4,33,34,35)/t19-,21-,23+,24+/m0/s1. The van der Waals surface area contributed by atoms with Crippen LogP contribution in [0.5, 0.6) is 23.0 Å². The van der Waals surface area contributed by atoms with Crippen molar-refractivity contribution in [3.05, 3.63) is 46.0 Å². The van der Waals surface area contributed by atoms with Crippen molar-refractivity contribution in [2.75, 3.05) is 20.3 Å². The lowest BCUT2D eigenvalue weighted by Crippen LogP contribution is -2.29. The number of ketones is 1. The summed E-state index contributed by atoms with van der Waals surface area (Å²) in [4.78, 5) is 17.1. The van der Waals surface area contributed by atoms with Crippen LogP contribution in [-0.2, 0) is 17.6 Å². The number of nitrogens with two attached hydrogens (primary N) is 2. The van der Waals surface area contributed by atoms with E-state index in [-0.39, 0.29) is 66.0 Å². The van der Waals surface area contributed by atoms with Crippen molar-refractivity contribution >= 4 is 11.7 Å². The number of nitrogens with zero attached hydrogens (tertiary/aromatic N) is 1. The summed E-state index contributed by atoms with van der Waals surface area (Å²) in [7, 11) is 1.47. The van der Waals surface area contributed by atoms with Gasteiger partial charge in [-0.25, -0.2) is 0 Å². The minimum Gasteiger partial charge on any atom is -0.504 e. The number of aromatic hydroxyl groups is 2. The molecule has 0 saturated heterocycles. The molecule has 4 atom stereocenters. The molecule has 2 bridgehead atoms. The van der Waals surface area contributed by atoms with Crippen molar-refractivity contribution in [1.29, 1.82) is 0 Å². The van der Waals surface area contributed by atoms with Crippen LogP contribution in [0.1, 0.15) is 84.6 Å². The molecule has 3 aliphatic rings. The Labute approximate surface area is 240 Å². The van der Waals surface area contributed by atoms with E-state index in [0.29, 0.717) is 42.9 Å². The second-order valence-electron chi connectivity index (χ2n) is 11.4. The molecule has 0 aromatic heterocycles. The van der Waals surface area contributed by atoms with Crippen LogP contribution in [0, 0.1) is 17.8 Å². The number of benzene rings is 2. The third-order valence-corrected chi connectivity index (χ3v) is 8.70. The van der Waals surface area contributed by atoms with E-state index in [1.807, 2.05) is 6.07 Å². The van der Waals surface area contributed by atoms with Crippen molar-refractivity contribution in [2.45, 2.75) is 75.7 Å². The number of carbonyl (C=O) groups is 1. The Morgan fingerprint density at radius 3 is 2.80 bits per heavy atom. The molecule has 0 amide bonds. The third-order valence-electron chi connectivity index (χ3n) is 8.70. The summed E-state index contributed by atoms with van der Waals surface area (Å²) in [6.45, 7) is 0.952. The molecule has 0 spiro atoms. The largest absolute Gasteiger partial charge is 0.504 e. The second-order valence-corrected chi connectivity index (χ2v) is 11.4. The molecule has 0 fully saturated rings. The van der Waals surface area contributed by atoms with Crippen LogP contribution in [-0.4, -0.2) is 53.4 Å². The number of aliphatic hydroxyl groups is 1. The van der Waals surface area contributed by atoms with Gasteiger partial charge in [0.05, 0.1) is 25.4 Å². The smallest absolute Gasteiger partial charge is 0.185 e. The number of hydrogen-bond donors (Lipinski definition) is 5. The van der Waals surface area contributed by atoms with Crippen molar-refractivity contribution < 1.29 is 29.6 Å². The predicted molar refractivity (Wildman–Crippen MR) is 156 cm³/mol. The van der Waals surface area contributed by atoms with Crippen LogP contribution in [0.3, 0.4) is 0 Å². The van der Waals surface area contributed by atoms with E-state index in [2.05, 4.69) is 16.8 Å². The van der Waals surface area contributed by atoms with Crippen LogP contribution in [0.15, 0.2) is 23.2 Å². The number of phenolic OH excluding ortho intramolecular Hbond substituents is 2. The molecule has 9 heteroatoms. The lowest BCUT2D eigenvalue weighted by molar-refractivity contribution is -0.121. The summed E-state index contributed by atoms with van der Waals surface area (Å²) in [5.74, 6) is 7.53. The fraction of sp³-hybridized carbons (Fsp3) is 0.500. The van der Waals surface area contributed by atoms with Gasteiger partial charge in [0, 0.05) is 42.9 Å². The lowest BCUT2D eigenvalue weighted by Gasteiger charge is -2.35. The summed E-state index contributed by atoms with van der Waals surface area (Å²) < 4.78 is 11.7. The zero-order valence-electron chi connectivity index (χ0n) is 23.5. The van der Waals surface area contributed by atoms with Gasteiger partial charge in [0.15, 0.2) is 29.0 Å². The minimum absolute atomic E-state index is 0.0169. The Bertz CT molecular complexity index is 1400. The SMILES string of the molecule is COc1c(O)ccc2c1C#CCc1cc3c4c(c1O)OC[C@H](CCN=C(N)N)[C@H]4CCC[C@H]3C[C@@H](O)CC(=O)CC2. The number of hydrogen-bond acceptors (Lipinski definition) is 7. The van der Waals surface area contributed by atoms with E-state index in [1.165, 1.54) is 13.2 Å². The molecule has 5 rings (SSSR count). The Hall–Kier alpha value is -3.90. The van der Waals surface area contributed by atoms with Gasteiger partial charge in [-0.15, -0.1) is 0 Å². The van der Waals surface area contributed by atoms with Gasteiger partial charge in [0.2, 0.25) is 0 Å². The van der Waals surface area contributed by atoms with Crippen molar-refractivity contribution in [3.63, 3.8) is 0 Å². The molecule has 41 heavy (non-hydrogen) atoms. The fourth-order valence-electron chi connectivity index (χ4n) is 6.73. The first-order valence-electron chi connectivity index (χ1n) is 14.4. The predicted octanol–water partition coefficient (Wildman–Crippen LogP) is 3.38. The maximum atomic E-state index is 12.9. The molecule has 2 aromatic rings. The molecule has 7 N–H and O–H groups in total. The van der Waals surface area contributed by atoms with Crippen LogP contribution in [0.25, 0.3) is 0 Å². The zero-order valence-corrected chi connectivity index (χ0v) is 23.5. The number of methoxy groups -OCH3 is 1. The van der Waals surface area contributed by atoms with E-state index >= 15 is 0 Å². The number of carbonyl (C=O) groups excluding carboxylic acids is 1. The van der Waals surface area contributed by atoms with Crippen LogP contribution >= 0.6 is 0 Å². The van der Waals surface area contributed by atoms with Gasteiger partial charge < -0.3 is 36.3 Å². The Balaban J connectivity index is 1.60.